The molecule has 2 heterocycles. The van der Waals surface area contributed by atoms with Gasteiger partial charge in [0.05, 0.1) is 22.0 Å². The fraction of sp³-hybridized carbons (Fsp3) is 0. The van der Waals surface area contributed by atoms with Crippen LogP contribution < -0.4 is 10.3 Å². The Morgan fingerprint density at radius 3 is 2.55 bits per heavy atom. The molecule has 0 fully saturated rings. The van der Waals surface area contributed by atoms with E-state index in [9.17, 15) is 14.9 Å². The molecule has 0 aliphatic heterocycles. The Bertz CT molecular complexity index is 1260. The molecule has 142 valence electrons. The summed E-state index contributed by atoms with van der Waals surface area (Å²) in [6, 6.07) is 16.7. The van der Waals surface area contributed by atoms with Crippen LogP contribution in [0.3, 0.4) is 0 Å². The molecule has 9 heteroatoms. The average molecular weight is 387 g/mol. The van der Waals surface area contributed by atoms with E-state index in [2.05, 4.69) is 15.1 Å². The fourth-order valence-electron chi connectivity index (χ4n) is 2.55. The van der Waals surface area contributed by atoms with Gasteiger partial charge in [0.1, 0.15) is 18.3 Å². The lowest BCUT2D eigenvalue weighted by Crippen LogP contribution is -2.16. The molecule has 2 aromatic carbocycles. The Labute approximate surface area is 163 Å². The summed E-state index contributed by atoms with van der Waals surface area (Å²) in [6.07, 6.45) is 4.04. The second kappa shape index (κ2) is 7.69. The van der Waals surface area contributed by atoms with Gasteiger partial charge < -0.3 is 4.74 Å². The zero-order valence-corrected chi connectivity index (χ0v) is 14.9. The monoisotopic (exact) mass is 387 g/mol. The van der Waals surface area contributed by atoms with Gasteiger partial charge >= 0.3 is 0 Å². The minimum atomic E-state index is -0.526. The SMILES string of the molecule is O=c1c2ccccc2ncn1/N=C\c1ccc(Oc2ccc([N+](=O)[O-])cn2)cc1. The van der Waals surface area contributed by atoms with Gasteiger partial charge in [-0.1, -0.05) is 12.1 Å². The van der Waals surface area contributed by atoms with Gasteiger partial charge in [0.25, 0.3) is 11.2 Å². The number of aromatic nitrogens is 3. The molecule has 0 aliphatic rings. The third kappa shape index (κ3) is 3.98. The number of hydrogen-bond acceptors (Lipinski definition) is 7. The first kappa shape index (κ1) is 18.0. The molecule has 0 unspecified atom stereocenters. The number of pyridine rings is 1. The zero-order valence-electron chi connectivity index (χ0n) is 14.9. The van der Waals surface area contributed by atoms with E-state index >= 15 is 0 Å². The number of ether oxygens (including phenoxy) is 1. The van der Waals surface area contributed by atoms with Crippen molar-refractivity contribution in [2.24, 2.45) is 5.10 Å². The van der Waals surface area contributed by atoms with Crippen LogP contribution >= 0.6 is 0 Å². The number of hydrogen-bond donors (Lipinski definition) is 0. The van der Waals surface area contributed by atoms with Crippen molar-refractivity contribution >= 4 is 22.8 Å². The minimum absolute atomic E-state index is 0.109. The molecule has 0 saturated carbocycles. The van der Waals surface area contributed by atoms with Crippen molar-refractivity contribution in [1.82, 2.24) is 14.6 Å². The minimum Gasteiger partial charge on any atom is -0.439 e. The summed E-state index contributed by atoms with van der Waals surface area (Å²) in [6.45, 7) is 0. The van der Waals surface area contributed by atoms with Crippen molar-refractivity contribution in [3.05, 3.63) is 99.2 Å². The molecule has 0 aliphatic carbocycles. The second-order valence-electron chi connectivity index (χ2n) is 5.94. The molecular weight excluding hydrogens is 374 g/mol. The van der Waals surface area contributed by atoms with Gasteiger partial charge in [0.15, 0.2) is 0 Å². The topological polar surface area (TPSA) is 113 Å². The van der Waals surface area contributed by atoms with Gasteiger partial charge in [-0.3, -0.25) is 14.9 Å². The van der Waals surface area contributed by atoms with E-state index in [1.807, 2.05) is 6.07 Å². The van der Waals surface area contributed by atoms with E-state index in [0.717, 1.165) is 11.8 Å². The molecule has 0 bridgehead atoms. The molecule has 0 N–H and O–H groups in total. The van der Waals surface area contributed by atoms with Crippen LogP contribution in [0.2, 0.25) is 0 Å². The van der Waals surface area contributed by atoms with E-state index in [1.165, 1.54) is 29.4 Å². The predicted octanol–water partition coefficient (Wildman–Crippen LogP) is 3.37. The van der Waals surface area contributed by atoms with Crippen molar-refractivity contribution < 1.29 is 9.66 Å². The molecule has 29 heavy (non-hydrogen) atoms. The number of benzene rings is 2. The Kier molecular flexibility index (Phi) is 4.77. The molecule has 4 rings (SSSR count). The largest absolute Gasteiger partial charge is 0.439 e. The lowest BCUT2D eigenvalue weighted by Gasteiger charge is -2.04. The maximum Gasteiger partial charge on any atom is 0.287 e. The maximum atomic E-state index is 12.4. The molecule has 9 nitrogen and oxygen atoms in total. The summed E-state index contributed by atoms with van der Waals surface area (Å²) in [4.78, 5) is 30.6. The highest BCUT2D eigenvalue weighted by atomic mass is 16.6. The van der Waals surface area contributed by atoms with E-state index in [1.54, 1.807) is 42.5 Å². The van der Waals surface area contributed by atoms with E-state index in [4.69, 9.17) is 4.74 Å². The first-order valence-corrected chi connectivity index (χ1v) is 8.49. The molecule has 0 saturated heterocycles. The highest BCUT2D eigenvalue weighted by molar-refractivity contribution is 5.80. The molecule has 0 radical (unpaired) electrons. The van der Waals surface area contributed by atoms with E-state index in [-0.39, 0.29) is 17.1 Å². The molecule has 4 aromatic rings. The summed E-state index contributed by atoms with van der Waals surface area (Å²) in [5.41, 5.74) is 0.998. The van der Waals surface area contributed by atoms with Gasteiger partial charge in [0, 0.05) is 12.1 Å². The summed E-state index contributed by atoms with van der Waals surface area (Å²) < 4.78 is 6.73. The molecular formula is C20H13N5O4. The van der Waals surface area contributed by atoms with Crippen molar-refractivity contribution in [2.45, 2.75) is 0 Å². The summed E-state index contributed by atoms with van der Waals surface area (Å²) in [5, 5.41) is 15.3. The van der Waals surface area contributed by atoms with Gasteiger partial charge in [0.2, 0.25) is 5.88 Å². The normalized spacial score (nSPS) is 11.0. The van der Waals surface area contributed by atoms with Crippen LogP contribution in [0, 0.1) is 10.1 Å². The zero-order chi connectivity index (χ0) is 20.2. The number of rotatable bonds is 5. The summed E-state index contributed by atoms with van der Waals surface area (Å²) in [5.74, 6) is 0.749. The first-order valence-electron chi connectivity index (χ1n) is 8.49. The predicted molar refractivity (Wildman–Crippen MR) is 106 cm³/mol. The maximum absolute atomic E-state index is 12.4. The summed E-state index contributed by atoms with van der Waals surface area (Å²) >= 11 is 0. The van der Waals surface area contributed by atoms with Gasteiger partial charge in [-0.25, -0.2) is 9.97 Å². The molecule has 0 spiro atoms. The van der Waals surface area contributed by atoms with Crippen LogP contribution in [0.15, 0.2) is 83.1 Å². The van der Waals surface area contributed by atoms with Crippen molar-refractivity contribution in [3.8, 4) is 11.6 Å². The quantitative estimate of drug-likeness (QED) is 0.295. The number of para-hydroxylation sites is 1. The lowest BCUT2D eigenvalue weighted by atomic mass is 10.2. The van der Waals surface area contributed by atoms with Crippen molar-refractivity contribution in [1.29, 1.82) is 0 Å². The van der Waals surface area contributed by atoms with Crippen LogP contribution in [-0.2, 0) is 0 Å². The Balaban J connectivity index is 1.49. The molecule has 2 aromatic heterocycles. The van der Waals surface area contributed by atoms with Gasteiger partial charge in [-0.2, -0.15) is 9.78 Å². The highest BCUT2D eigenvalue weighted by Gasteiger charge is 2.06. The average Bonchev–Trinajstić information content (AvgIpc) is 2.75. The first-order chi connectivity index (χ1) is 14.1. The van der Waals surface area contributed by atoms with Crippen molar-refractivity contribution in [2.75, 3.05) is 0 Å². The summed E-state index contributed by atoms with van der Waals surface area (Å²) in [7, 11) is 0. The third-order valence-electron chi connectivity index (χ3n) is 4.01. The Hall–Kier alpha value is -4.40. The Morgan fingerprint density at radius 1 is 1.03 bits per heavy atom. The van der Waals surface area contributed by atoms with Crippen LogP contribution in [0.4, 0.5) is 5.69 Å². The molecule has 0 amide bonds. The van der Waals surface area contributed by atoms with Crippen molar-refractivity contribution in [3.63, 3.8) is 0 Å². The lowest BCUT2D eigenvalue weighted by molar-refractivity contribution is -0.385. The smallest absolute Gasteiger partial charge is 0.287 e. The van der Waals surface area contributed by atoms with Crippen LogP contribution in [-0.4, -0.2) is 25.8 Å². The van der Waals surface area contributed by atoms with E-state index in [0.29, 0.717) is 16.7 Å². The standard InChI is InChI=1S/C20H13N5O4/c26-20-17-3-1-2-4-18(17)22-13-24(20)23-11-14-5-8-16(9-6-14)29-19-10-7-15(12-21-19)25(27)28/h1-13H/b23-11-. The number of nitro groups is 1. The van der Waals surface area contributed by atoms with E-state index < -0.39 is 4.92 Å². The van der Waals surface area contributed by atoms with Crippen LogP contribution in [0.1, 0.15) is 5.56 Å². The van der Waals surface area contributed by atoms with Gasteiger partial charge in [-0.15, -0.1) is 0 Å². The number of nitrogens with zero attached hydrogens (tertiary/aromatic N) is 5. The number of fused-ring (bicyclic) bond motifs is 1. The van der Waals surface area contributed by atoms with Crippen LogP contribution in [0.25, 0.3) is 10.9 Å². The van der Waals surface area contributed by atoms with Crippen LogP contribution in [0.5, 0.6) is 11.6 Å². The molecule has 0 atom stereocenters. The van der Waals surface area contributed by atoms with Gasteiger partial charge in [-0.05, 0) is 42.0 Å². The Morgan fingerprint density at radius 2 is 1.83 bits per heavy atom. The second-order valence-corrected chi connectivity index (χ2v) is 5.94. The fourth-order valence-corrected chi connectivity index (χ4v) is 2.55. The third-order valence-corrected chi connectivity index (χ3v) is 4.01. The highest BCUT2D eigenvalue weighted by Crippen LogP contribution is 2.21.